The summed E-state index contributed by atoms with van der Waals surface area (Å²) in [6.07, 6.45) is 2.24. The molecule has 0 bridgehead atoms. The van der Waals surface area contributed by atoms with Gasteiger partial charge in [-0.2, -0.15) is 0 Å². The van der Waals surface area contributed by atoms with E-state index in [1.807, 2.05) is 24.3 Å². The van der Waals surface area contributed by atoms with Crippen LogP contribution in [-0.2, 0) is 6.42 Å². The van der Waals surface area contributed by atoms with Crippen LogP contribution >= 0.6 is 0 Å². The molecule has 1 aliphatic heterocycles. The Morgan fingerprint density at radius 2 is 1.79 bits per heavy atom. The van der Waals surface area contributed by atoms with Crippen LogP contribution in [0.15, 0.2) is 53.5 Å². The third-order valence-corrected chi connectivity index (χ3v) is 3.26. The van der Waals surface area contributed by atoms with Gasteiger partial charge in [-0.05, 0) is 17.7 Å². The molecule has 2 aromatic rings. The Kier molecular flexibility index (Phi) is 2.95. The number of halogens is 1. The fourth-order valence-electron chi connectivity index (χ4n) is 2.24. The van der Waals surface area contributed by atoms with Crippen LogP contribution in [0.2, 0.25) is 0 Å². The summed E-state index contributed by atoms with van der Waals surface area (Å²) < 4.78 is 12.8. The number of rotatable bonds is 2. The number of fused-ring (bicyclic) bond motifs is 1. The summed E-state index contributed by atoms with van der Waals surface area (Å²) in [6.45, 7) is 0. The zero-order chi connectivity index (χ0) is 13.2. The van der Waals surface area contributed by atoms with Gasteiger partial charge in [0.2, 0.25) is 0 Å². The van der Waals surface area contributed by atoms with Crippen molar-refractivity contribution in [3.8, 4) is 0 Å². The maximum Gasteiger partial charge on any atom is 0.188 e. The van der Waals surface area contributed by atoms with Gasteiger partial charge in [-0.3, -0.25) is 9.79 Å². The molecule has 2 aromatic carbocycles. The van der Waals surface area contributed by atoms with E-state index in [-0.39, 0.29) is 11.6 Å². The minimum Gasteiger partial charge on any atom is -0.292 e. The lowest BCUT2D eigenvalue weighted by molar-refractivity contribution is 0.0960. The highest BCUT2D eigenvalue weighted by atomic mass is 19.1. The predicted molar refractivity (Wildman–Crippen MR) is 72.3 cm³/mol. The number of aliphatic imine (C=N–C) groups is 1. The maximum absolute atomic E-state index is 12.8. The fourth-order valence-corrected chi connectivity index (χ4v) is 2.24. The number of Topliss-reactive ketones (excluding diaryl/α,β-unsaturated/α-hetero) is 1. The van der Waals surface area contributed by atoms with Crippen molar-refractivity contribution in [1.82, 2.24) is 0 Å². The Morgan fingerprint density at radius 1 is 1.05 bits per heavy atom. The average Bonchev–Trinajstić information content (AvgIpc) is 2.45. The van der Waals surface area contributed by atoms with Gasteiger partial charge in [0.25, 0.3) is 0 Å². The van der Waals surface area contributed by atoms with E-state index in [0.717, 1.165) is 11.1 Å². The van der Waals surface area contributed by atoms with Crippen molar-refractivity contribution in [3.63, 3.8) is 0 Å². The first-order chi connectivity index (χ1) is 9.24. The van der Waals surface area contributed by atoms with Crippen LogP contribution in [0.5, 0.6) is 0 Å². The average molecular weight is 253 g/mol. The molecular formula is C16H12FNO. The molecule has 1 aliphatic rings. The molecule has 0 fully saturated rings. The fraction of sp³-hybridized carbons (Fsp3) is 0.125. The van der Waals surface area contributed by atoms with Crippen molar-refractivity contribution in [2.75, 3.05) is 0 Å². The molecule has 19 heavy (non-hydrogen) atoms. The van der Waals surface area contributed by atoms with Crippen molar-refractivity contribution in [2.24, 2.45) is 4.99 Å². The molecule has 0 spiro atoms. The standard InChI is InChI=1S/C16H12FNO/c17-13-7-5-11(6-8-13)9-15-16(19)14-4-2-1-3-12(14)10-18-15/h1-8,10,15H,9H2. The summed E-state index contributed by atoms with van der Waals surface area (Å²) in [5.74, 6) is -0.241. The van der Waals surface area contributed by atoms with Crippen molar-refractivity contribution >= 4 is 12.0 Å². The molecular weight excluding hydrogens is 241 g/mol. The van der Waals surface area contributed by atoms with Gasteiger partial charge in [0.15, 0.2) is 5.78 Å². The number of carbonyl (C=O) groups is 1. The lowest BCUT2D eigenvalue weighted by Gasteiger charge is -2.17. The van der Waals surface area contributed by atoms with E-state index in [1.165, 1.54) is 12.1 Å². The Hall–Kier alpha value is -2.29. The smallest absolute Gasteiger partial charge is 0.188 e. The Labute approximate surface area is 110 Å². The van der Waals surface area contributed by atoms with Crippen LogP contribution in [0.4, 0.5) is 4.39 Å². The number of benzene rings is 2. The number of hydrogen-bond acceptors (Lipinski definition) is 2. The Balaban J connectivity index is 1.85. The molecule has 0 saturated heterocycles. The van der Waals surface area contributed by atoms with Gasteiger partial charge in [0, 0.05) is 23.8 Å². The van der Waals surface area contributed by atoms with Gasteiger partial charge >= 0.3 is 0 Å². The maximum atomic E-state index is 12.8. The molecule has 3 heteroatoms. The molecule has 0 radical (unpaired) electrons. The van der Waals surface area contributed by atoms with Gasteiger partial charge in [0.1, 0.15) is 11.9 Å². The molecule has 94 valence electrons. The quantitative estimate of drug-likeness (QED) is 0.808. The lowest BCUT2D eigenvalue weighted by atomic mass is 9.93. The number of hydrogen-bond donors (Lipinski definition) is 0. The van der Waals surface area contributed by atoms with E-state index in [1.54, 1.807) is 18.3 Å². The Morgan fingerprint density at radius 3 is 2.58 bits per heavy atom. The second-order valence-corrected chi connectivity index (χ2v) is 4.58. The molecule has 3 rings (SSSR count). The van der Waals surface area contributed by atoms with E-state index >= 15 is 0 Å². The summed E-state index contributed by atoms with van der Waals surface area (Å²) >= 11 is 0. The van der Waals surface area contributed by atoms with E-state index < -0.39 is 6.04 Å². The highest BCUT2D eigenvalue weighted by Gasteiger charge is 2.24. The Bertz CT molecular complexity index is 646. The van der Waals surface area contributed by atoms with Gasteiger partial charge in [-0.1, -0.05) is 36.4 Å². The minimum atomic E-state index is -0.402. The normalized spacial score (nSPS) is 17.3. The van der Waals surface area contributed by atoms with Crippen molar-refractivity contribution in [2.45, 2.75) is 12.5 Å². The van der Waals surface area contributed by atoms with E-state index in [0.29, 0.717) is 12.0 Å². The van der Waals surface area contributed by atoms with Crippen molar-refractivity contribution in [3.05, 3.63) is 71.0 Å². The third kappa shape index (κ3) is 2.32. The SMILES string of the molecule is O=C1c2ccccc2C=NC1Cc1ccc(F)cc1. The third-order valence-electron chi connectivity index (χ3n) is 3.26. The molecule has 1 atom stereocenters. The minimum absolute atomic E-state index is 0.0300. The van der Waals surface area contributed by atoms with E-state index in [9.17, 15) is 9.18 Å². The number of carbonyl (C=O) groups excluding carboxylic acids is 1. The first-order valence-corrected chi connectivity index (χ1v) is 6.15. The summed E-state index contributed by atoms with van der Waals surface area (Å²) in [4.78, 5) is 16.6. The summed E-state index contributed by atoms with van der Waals surface area (Å²) in [7, 11) is 0. The molecule has 0 amide bonds. The van der Waals surface area contributed by atoms with Gasteiger partial charge in [-0.25, -0.2) is 4.39 Å². The van der Waals surface area contributed by atoms with Crippen LogP contribution in [-0.4, -0.2) is 18.0 Å². The van der Waals surface area contributed by atoms with Gasteiger partial charge < -0.3 is 0 Å². The lowest BCUT2D eigenvalue weighted by Crippen LogP contribution is -2.26. The van der Waals surface area contributed by atoms with Crippen LogP contribution < -0.4 is 0 Å². The molecule has 0 saturated carbocycles. The van der Waals surface area contributed by atoms with E-state index in [2.05, 4.69) is 4.99 Å². The first kappa shape index (κ1) is 11.8. The summed E-state index contributed by atoms with van der Waals surface area (Å²) in [5, 5.41) is 0. The molecule has 2 nitrogen and oxygen atoms in total. The summed E-state index contributed by atoms with van der Waals surface area (Å²) in [5.41, 5.74) is 2.49. The molecule has 0 N–H and O–H groups in total. The first-order valence-electron chi connectivity index (χ1n) is 6.15. The molecule has 1 heterocycles. The zero-order valence-corrected chi connectivity index (χ0v) is 10.2. The monoisotopic (exact) mass is 253 g/mol. The highest BCUT2D eigenvalue weighted by Crippen LogP contribution is 2.19. The molecule has 1 unspecified atom stereocenters. The van der Waals surface area contributed by atoms with Crippen molar-refractivity contribution < 1.29 is 9.18 Å². The van der Waals surface area contributed by atoms with Crippen LogP contribution in [0.25, 0.3) is 0 Å². The second-order valence-electron chi connectivity index (χ2n) is 4.58. The molecule has 0 aliphatic carbocycles. The molecule has 0 aromatic heterocycles. The highest BCUT2D eigenvalue weighted by molar-refractivity contribution is 6.09. The predicted octanol–water partition coefficient (Wildman–Crippen LogP) is 3.05. The number of nitrogens with zero attached hydrogens (tertiary/aromatic N) is 1. The van der Waals surface area contributed by atoms with Crippen molar-refractivity contribution in [1.29, 1.82) is 0 Å². The van der Waals surface area contributed by atoms with Crippen LogP contribution in [0.3, 0.4) is 0 Å². The number of ketones is 1. The zero-order valence-electron chi connectivity index (χ0n) is 10.2. The summed E-state index contributed by atoms with van der Waals surface area (Å²) in [6, 6.07) is 13.2. The van der Waals surface area contributed by atoms with Gasteiger partial charge in [-0.15, -0.1) is 0 Å². The van der Waals surface area contributed by atoms with Crippen LogP contribution in [0.1, 0.15) is 21.5 Å². The topological polar surface area (TPSA) is 29.4 Å². The van der Waals surface area contributed by atoms with E-state index in [4.69, 9.17) is 0 Å². The largest absolute Gasteiger partial charge is 0.292 e. The second kappa shape index (κ2) is 4.76. The van der Waals surface area contributed by atoms with Crippen LogP contribution in [0, 0.1) is 5.82 Å². The van der Waals surface area contributed by atoms with Gasteiger partial charge in [0.05, 0.1) is 0 Å².